The maximum absolute atomic E-state index is 13.1. The van der Waals surface area contributed by atoms with Crippen molar-refractivity contribution in [3.05, 3.63) is 35.1 Å². The van der Waals surface area contributed by atoms with Crippen molar-refractivity contribution in [2.75, 3.05) is 0 Å². The van der Waals surface area contributed by atoms with Gasteiger partial charge in [0.25, 0.3) is 0 Å². The van der Waals surface area contributed by atoms with Crippen LogP contribution in [0.25, 0.3) is 0 Å². The van der Waals surface area contributed by atoms with Crippen molar-refractivity contribution in [2.24, 2.45) is 5.73 Å². The summed E-state index contributed by atoms with van der Waals surface area (Å²) >= 11 is 0. The lowest BCUT2D eigenvalue weighted by Gasteiger charge is -2.07. The second kappa shape index (κ2) is 3.33. The molecule has 2 N–H and O–H groups in total. The van der Waals surface area contributed by atoms with E-state index in [2.05, 4.69) is 0 Å². The highest BCUT2D eigenvalue weighted by Gasteiger charge is 2.11. The Hall–Kier alpha value is -1.40. The zero-order valence-corrected chi connectivity index (χ0v) is 6.71. The zero-order valence-electron chi connectivity index (χ0n) is 6.71. The lowest BCUT2D eigenvalue weighted by molar-refractivity contribution is 0.592. The molecule has 1 aromatic rings. The van der Waals surface area contributed by atoms with E-state index in [9.17, 15) is 4.39 Å². The van der Waals surface area contributed by atoms with Crippen LogP contribution in [-0.2, 0) is 0 Å². The van der Waals surface area contributed by atoms with Crippen LogP contribution in [0.5, 0.6) is 0 Å². The van der Waals surface area contributed by atoms with Crippen molar-refractivity contribution >= 4 is 0 Å². The van der Waals surface area contributed by atoms with Crippen LogP contribution in [-0.4, -0.2) is 0 Å². The highest BCUT2D eigenvalue weighted by Crippen LogP contribution is 2.18. The molecule has 1 atom stereocenters. The van der Waals surface area contributed by atoms with Crippen LogP contribution in [0.4, 0.5) is 4.39 Å². The zero-order chi connectivity index (χ0) is 9.14. The smallest absolute Gasteiger partial charge is 0.129 e. The fraction of sp³-hybridized carbons (Fsp3) is 0.222. The summed E-state index contributed by atoms with van der Waals surface area (Å²) in [4.78, 5) is 0. The van der Waals surface area contributed by atoms with E-state index in [1.54, 1.807) is 13.0 Å². The lowest BCUT2D eigenvalue weighted by Crippen LogP contribution is -2.09. The molecule has 62 valence electrons. The molecular formula is C9H9FN2. The van der Waals surface area contributed by atoms with Gasteiger partial charge in [-0.05, 0) is 19.1 Å². The molecule has 1 rings (SSSR count). The number of nitriles is 1. The fourth-order valence-electron chi connectivity index (χ4n) is 1.10. The molecule has 0 saturated heterocycles. The Kier molecular flexibility index (Phi) is 2.41. The molecule has 12 heavy (non-hydrogen) atoms. The maximum Gasteiger partial charge on any atom is 0.129 e. The number of rotatable bonds is 1. The van der Waals surface area contributed by atoms with Gasteiger partial charge in [0.1, 0.15) is 5.82 Å². The van der Waals surface area contributed by atoms with Crippen LogP contribution in [0.1, 0.15) is 24.1 Å². The molecule has 0 heterocycles. The number of hydrogen-bond acceptors (Lipinski definition) is 2. The molecule has 2 nitrogen and oxygen atoms in total. The van der Waals surface area contributed by atoms with E-state index in [1.165, 1.54) is 12.1 Å². The average Bonchev–Trinajstić information content (AvgIpc) is 2.03. The maximum atomic E-state index is 13.1. The van der Waals surface area contributed by atoms with Crippen molar-refractivity contribution < 1.29 is 4.39 Å². The number of benzene rings is 1. The molecular weight excluding hydrogens is 155 g/mol. The first-order valence-electron chi connectivity index (χ1n) is 3.61. The lowest BCUT2D eigenvalue weighted by atomic mass is 10.0. The minimum absolute atomic E-state index is 0.292. The summed E-state index contributed by atoms with van der Waals surface area (Å²) < 4.78 is 13.1. The van der Waals surface area contributed by atoms with Gasteiger partial charge in [-0.3, -0.25) is 0 Å². The number of hydrogen-bond donors (Lipinski definition) is 1. The van der Waals surface area contributed by atoms with E-state index in [4.69, 9.17) is 11.0 Å². The Morgan fingerprint density at radius 2 is 2.25 bits per heavy atom. The van der Waals surface area contributed by atoms with Gasteiger partial charge in [0, 0.05) is 11.6 Å². The molecule has 0 fully saturated rings. The Balaban J connectivity index is 3.32. The van der Waals surface area contributed by atoms with Gasteiger partial charge in [0.2, 0.25) is 0 Å². The second-order valence-corrected chi connectivity index (χ2v) is 2.60. The molecule has 0 spiro atoms. The Labute approximate surface area is 70.4 Å². The largest absolute Gasteiger partial charge is 0.324 e. The topological polar surface area (TPSA) is 49.8 Å². The molecule has 3 heteroatoms. The minimum Gasteiger partial charge on any atom is -0.324 e. The molecule has 1 aromatic carbocycles. The van der Waals surface area contributed by atoms with Crippen molar-refractivity contribution in [3.63, 3.8) is 0 Å². The summed E-state index contributed by atoms with van der Waals surface area (Å²) in [6.45, 7) is 1.65. The molecule has 0 aliphatic carbocycles. The summed E-state index contributed by atoms with van der Waals surface area (Å²) in [6.07, 6.45) is 0. The van der Waals surface area contributed by atoms with Gasteiger partial charge in [-0.15, -0.1) is 0 Å². The van der Waals surface area contributed by atoms with Gasteiger partial charge in [-0.2, -0.15) is 5.26 Å². The summed E-state index contributed by atoms with van der Waals surface area (Å²) in [5, 5.41) is 8.62. The van der Waals surface area contributed by atoms with E-state index >= 15 is 0 Å². The molecule has 0 saturated carbocycles. The van der Waals surface area contributed by atoms with Crippen LogP contribution in [0.15, 0.2) is 18.2 Å². The monoisotopic (exact) mass is 164 g/mol. The van der Waals surface area contributed by atoms with E-state index in [0.29, 0.717) is 11.1 Å². The molecule has 0 aliphatic heterocycles. The minimum atomic E-state index is -0.444. The van der Waals surface area contributed by atoms with Crippen LogP contribution in [0, 0.1) is 17.1 Å². The quantitative estimate of drug-likeness (QED) is 0.687. The average molecular weight is 164 g/mol. The molecule has 0 aliphatic rings. The predicted molar refractivity (Wildman–Crippen MR) is 43.7 cm³/mol. The summed E-state index contributed by atoms with van der Waals surface area (Å²) in [6, 6.07) is 5.82. The number of nitrogens with two attached hydrogens (primary N) is 1. The van der Waals surface area contributed by atoms with Crippen molar-refractivity contribution in [1.29, 1.82) is 5.26 Å². The SMILES string of the molecule is CC(N)c1c(F)cccc1C#N. The first-order chi connectivity index (χ1) is 5.66. The van der Waals surface area contributed by atoms with Gasteiger partial charge < -0.3 is 5.73 Å². The second-order valence-electron chi connectivity index (χ2n) is 2.60. The molecule has 0 bridgehead atoms. The van der Waals surface area contributed by atoms with E-state index < -0.39 is 11.9 Å². The van der Waals surface area contributed by atoms with Crippen molar-refractivity contribution in [2.45, 2.75) is 13.0 Å². The predicted octanol–water partition coefficient (Wildman–Crippen LogP) is 1.72. The van der Waals surface area contributed by atoms with Gasteiger partial charge in [-0.1, -0.05) is 6.07 Å². The third kappa shape index (κ3) is 1.44. The third-order valence-electron chi connectivity index (χ3n) is 1.63. The Bertz CT molecular complexity index is 326. The first-order valence-corrected chi connectivity index (χ1v) is 3.61. The van der Waals surface area contributed by atoms with Gasteiger partial charge in [-0.25, -0.2) is 4.39 Å². The molecule has 0 radical (unpaired) electrons. The summed E-state index contributed by atoms with van der Waals surface area (Å²) in [5.74, 6) is -0.413. The molecule has 1 unspecified atom stereocenters. The normalized spacial score (nSPS) is 12.2. The van der Waals surface area contributed by atoms with Gasteiger partial charge >= 0.3 is 0 Å². The third-order valence-corrected chi connectivity index (χ3v) is 1.63. The fourth-order valence-corrected chi connectivity index (χ4v) is 1.10. The van der Waals surface area contributed by atoms with Crippen LogP contribution in [0.3, 0.4) is 0 Å². The number of nitrogens with zero attached hydrogens (tertiary/aromatic N) is 1. The van der Waals surface area contributed by atoms with E-state index in [1.807, 2.05) is 6.07 Å². The first kappa shape index (κ1) is 8.69. The standard InChI is InChI=1S/C9H9FN2/c1-6(12)9-7(5-11)3-2-4-8(9)10/h2-4,6H,12H2,1H3. The highest BCUT2D eigenvalue weighted by molar-refractivity contribution is 5.39. The molecule has 0 amide bonds. The van der Waals surface area contributed by atoms with Gasteiger partial charge in [0.05, 0.1) is 11.6 Å². The Morgan fingerprint density at radius 1 is 1.58 bits per heavy atom. The number of halogens is 1. The van der Waals surface area contributed by atoms with Gasteiger partial charge in [0.15, 0.2) is 0 Å². The summed E-state index contributed by atoms with van der Waals surface area (Å²) in [5.41, 5.74) is 6.10. The van der Waals surface area contributed by atoms with Crippen LogP contribution >= 0.6 is 0 Å². The Morgan fingerprint density at radius 3 is 2.67 bits per heavy atom. The van der Waals surface area contributed by atoms with E-state index in [-0.39, 0.29) is 0 Å². The molecule has 0 aromatic heterocycles. The summed E-state index contributed by atoms with van der Waals surface area (Å²) in [7, 11) is 0. The van der Waals surface area contributed by atoms with Crippen LogP contribution in [0.2, 0.25) is 0 Å². The van der Waals surface area contributed by atoms with Crippen molar-refractivity contribution in [3.8, 4) is 6.07 Å². The van der Waals surface area contributed by atoms with Crippen molar-refractivity contribution in [1.82, 2.24) is 0 Å². The van der Waals surface area contributed by atoms with Crippen LogP contribution < -0.4 is 5.73 Å². The van der Waals surface area contributed by atoms with E-state index in [0.717, 1.165) is 0 Å². The highest BCUT2D eigenvalue weighted by atomic mass is 19.1.